The SMILES string of the molecule is COc1ccc(CN2CCN(c3ccc(C(C)=O)cc3)CC2)c(Br)c1OC. The van der Waals surface area contributed by atoms with Crippen molar-refractivity contribution in [3.63, 3.8) is 0 Å². The van der Waals surface area contributed by atoms with E-state index in [1.54, 1.807) is 21.1 Å². The third kappa shape index (κ3) is 4.45. The number of methoxy groups -OCH3 is 2. The molecule has 1 aliphatic rings. The number of Topliss-reactive ketones (excluding diaryl/α,β-unsaturated/α-hetero) is 1. The van der Waals surface area contributed by atoms with Gasteiger partial charge < -0.3 is 14.4 Å². The predicted molar refractivity (Wildman–Crippen MR) is 111 cm³/mol. The van der Waals surface area contributed by atoms with Crippen molar-refractivity contribution < 1.29 is 14.3 Å². The summed E-state index contributed by atoms with van der Waals surface area (Å²) in [4.78, 5) is 16.2. The standard InChI is InChI=1S/C21H25BrN2O3/c1-15(25)16-4-7-18(8-5-16)24-12-10-23(11-13-24)14-17-6-9-19(26-2)21(27-3)20(17)22/h4-9H,10-14H2,1-3H3. The van der Waals surface area contributed by atoms with E-state index in [1.807, 2.05) is 30.3 Å². The second kappa shape index (κ2) is 8.76. The van der Waals surface area contributed by atoms with Crippen LogP contribution >= 0.6 is 15.9 Å². The lowest BCUT2D eigenvalue weighted by Crippen LogP contribution is -2.46. The molecule has 0 atom stereocenters. The molecule has 0 saturated carbocycles. The summed E-state index contributed by atoms with van der Waals surface area (Å²) in [5.41, 5.74) is 3.12. The fraction of sp³-hybridized carbons (Fsp3) is 0.381. The maximum absolute atomic E-state index is 11.4. The minimum Gasteiger partial charge on any atom is -0.493 e. The Morgan fingerprint density at radius 1 is 1.00 bits per heavy atom. The van der Waals surface area contributed by atoms with E-state index in [0.29, 0.717) is 0 Å². The van der Waals surface area contributed by atoms with Gasteiger partial charge in [-0.15, -0.1) is 0 Å². The van der Waals surface area contributed by atoms with Gasteiger partial charge in [0.2, 0.25) is 0 Å². The quantitative estimate of drug-likeness (QED) is 0.645. The van der Waals surface area contributed by atoms with Gasteiger partial charge in [0, 0.05) is 44.0 Å². The third-order valence-electron chi connectivity index (χ3n) is 4.97. The number of carbonyl (C=O) groups is 1. The first-order valence-corrected chi connectivity index (χ1v) is 9.80. The molecule has 0 spiro atoms. The summed E-state index contributed by atoms with van der Waals surface area (Å²) in [5.74, 6) is 1.57. The average molecular weight is 433 g/mol. The number of halogens is 1. The van der Waals surface area contributed by atoms with Crippen LogP contribution in [0.25, 0.3) is 0 Å². The topological polar surface area (TPSA) is 42.0 Å². The number of hydrogen-bond donors (Lipinski definition) is 0. The van der Waals surface area contributed by atoms with Crippen LogP contribution in [0.1, 0.15) is 22.8 Å². The Morgan fingerprint density at radius 3 is 2.22 bits per heavy atom. The first-order chi connectivity index (χ1) is 13.0. The Bertz CT molecular complexity index is 800. The van der Waals surface area contributed by atoms with Gasteiger partial charge in [-0.05, 0) is 58.7 Å². The molecule has 2 aromatic rings. The molecule has 2 aromatic carbocycles. The fourth-order valence-electron chi connectivity index (χ4n) is 3.36. The van der Waals surface area contributed by atoms with Gasteiger partial charge in [0.1, 0.15) is 0 Å². The van der Waals surface area contributed by atoms with Crippen LogP contribution in [0.5, 0.6) is 11.5 Å². The molecule has 0 N–H and O–H groups in total. The van der Waals surface area contributed by atoms with Crippen LogP contribution in [0.3, 0.4) is 0 Å². The number of ketones is 1. The molecule has 1 fully saturated rings. The van der Waals surface area contributed by atoms with Gasteiger partial charge in [0.25, 0.3) is 0 Å². The maximum atomic E-state index is 11.4. The zero-order valence-corrected chi connectivity index (χ0v) is 17.6. The molecular weight excluding hydrogens is 408 g/mol. The average Bonchev–Trinajstić information content (AvgIpc) is 2.70. The maximum Gasteiger partial charge on any atom is 0.175 e. The van der Waals surface area contributed by atoms with Crippen LogP contribution in [-0.2, 0) is 6.54 Å². The summed E-state index contributed by atoms with van der Waals surface area (Å²) in [5, 5.41) is 0. The Hall–Kier alpha value is -2.05. The highest BCUT2D eigenvalue weighted by Gasteiger charge is 2.20. The van der Waals surface area contributed by atoms with Crippen molar-refractivity contribution in [2.75, 3.05) is 45.3 Å². The van der Waals surface area contributed by atoms with Gasteiger partial charge in [-0.3, -0.25) is 9.69 Å². The van der Waals surface area contributed by atoms with Crippen molar-refractivity contribution in [2.24, 2.45) is 0 Å². The van der Waals surface area contributed by atoms with Gasteiger partial charge >= 0.3 is 0 Å². The van der Waals surface area contributed by atoms with E-state index in [9.17, 15) is 4.79 Å². The lowest BCUT2D eigenvalue weighted by molar-refractivity contribution is 0.101. The summed E-state index contributed by atoms with van der Waals surface area (Å²) in [6.07, 6.45) is 0. The molecule has 144 valence electrons. The van der Waals surface area contributed by atoms with E-state index in [4.69, 9.17) is 9.47 Å². The lowest BCUT2D eigenvalue weighted by Gasteiger charge is -2.36. The van der Waals surface area contributed by atoms with Crippen molar-refractivity contribution in [1.29, 1.82) is 0 Å². The molecule has 1 aliphatic heterocycles. The van der Waals surface area contributed by atoms with Crippen molar-refractivity contribution in [3.05, 3.63) is 52.0 Å². The highest BCUT2D eigenvalue weighted by Crippen LogP contribution is 2.38. The molecule has 1 saturated heterocycles. The first kappa shape index (κ1) is 19.7. The number of rotatable bonds is 6. The highest BCUT2D eigenvalue weighted by molar-refractivity contribution is 9.10. The summed E-state index contributed by atoms with van der Waals surface area (Å²) in [6, 6.07) is 11.9. The molecule has 3 rings (SSSR count). The van der Waals surface area contributed by atoms with E-state index in [0.717, 1.165) is 54.3 Å². The third-order valence-corrected chi connectivity index (χ3v) is 5.84. The monoisotopic (exact) mass is 432 g/mol. The fourth-order valence-corrected chi connectivity index (χ4v) is 3.98. The van der Waals surface area contributed by atoms with E-state index >= 15 is 0 Å². The zero-order valence-electron chi connectivity index (χ0n) is 16.0. The molecule has 27 heavy (non-hydrogen) atoms. The van der Waals surface area contributed by atoms with Gasteiger partial charge in [0.15, 0.2) is 17.3 Å². The number of nitrogens with zero attached hydrogens (tertiary/aromatic N) is 2. The number of ether oxygens (including phenoxy) is 2. The number of carbonyl (C=O) groups excluding carboxylic acids is 1. The van der Waals surface area contributed by atoms with Crippen LogP contribution in [0, 0.1) is 0 Å². The summed E-state index contributed by atoms with van der Waals surface area (Å²) >= 11 is 3.66. The van der Waals surface area contributed by atoms with Crippen molar-refractivity contribution in [3.8, 4) is 11.5 Å². The highest BCUT2D eigenvalue weighted by atomic mass is 79.9. The lowest BCUT2D eigenvalue weighted by atomic mass is 10.1. The predicted octanol–water partition coefficient (Wildman–Crippen LogP) is 3.99. The van der Waals surface area contributed by atoms with Gasteiger partial charge in [-0.2, -0.15) is 0 Å². The Balaban J connectivity index is 1.62. The molecule has 0 aromatic heterocycles. The largest absolute Gasteiger partial charge is 0.493 e. The van der Waals surface area contributed by atoms with Crippen molar-refractivity contribution >= 4 is 27.4 Å². The first-order valence-electron chi connectivity index (χ1n) is 9.01. The van der Waals surface area contributed by atoms with Gasteiger partial charge in [0.05, 0.1) is 18.7 Å². The summed E-state index contributed by atoms with van der Waals surface area (Å²) in [6.45, 7) is 6.34. The second-order valence-corrected chi connectivity index (χ2v) is 7.43. The Kier molecular flexibility index (Phi) is 6.39. The molecule has 0 bridgehead atoms. The second-order valence-electron chi connectivity index (χ2n) is 6.64. The summed E-state index contributed by atoms with van der Waals surface area (Å²) < 4.78 is 11.8. The normalized spacial score (nSPS) is 14.9. The number of benzene rings is 2. The molecule has 0 amide bonds. The number of piperazine rings is 1. The van der Waals surface area contributed by atoms with Crippen LogP contribution in [-0.4, -0.2) is 51.1 Å². The zero-order chi connectivity index (χ0) is 19.4. The molecule has 6 heteroatoms. The van der Waals surface area contributed by atoms with Crippen LogP contribution < -0.4 is 14.4 Å². The molecule has 0 unspecified atom stereocenters. The molecule has 1 heterocycles. The van der Waals surface area contributed by atoms with Crippen LogP contribution in [0.4, 0.5) is 5.69 Å². The van der Waals surface area contributed by atoms with E-state index in [2.05, 4.69) is 31.8 Å². The van der Waals surface area contributed by atoms with Gasteiger partial charge in [-0.25, -0.2) is 0 Å². The number of hydrogen-bond acceptors (Lipinski definition) is 5. The summed E-state index contributed by atoms with van der Waals surface area (Å²) in [7, 11) is 3.30. The van der Waals surface area contributed by atoms with Crippen molar-refractivity contribution in [1.82, 2.24) is 4.90 Å². The smallest absolute Gasteiger partial charge is 0.175 e. The Morgan fingerprint density at radius 2 is 1.67 bits per heavy atom. The van der Waals surface area contributed by atoms with Crippen LogP contribution in [0.15, 0.2) is 40.9 Å². The van der Waals surface area contributed by atoms with E-state index < -0.39 is 0 Å². The minimum absolute atomic E-state index is 0.104. The Labute approximate surface area is 169 Å². The van der Waals surface area contributed by atoms with E-state index in [-0.39, 0.29) is 5.78 Å². The van der Waals surface area contributed by atoms with Gasteiger partial charge in [-0.1, -0.05) is 6.07 Å². The molecular formula is C21H25BrN2O3. The van der Waals surface area contributed by atoms with Crippen molar-refractivity contribution in [2.45, 2.75) is 13.5 Å². The van der Waals surface area contributed by atoms with E-state index in [1.165, 1.54) is 11.3 Å². The van der Waals surface area contributed by atoms with Crippen LogP contribution in [0.2, 0.25) is 0 Å². The molecule has 0 radical (unpaired) electrons. The molecule has 0 aliphatic carbocycles. The molecule has 5 nitrogen and oxygen atoms in total. The number of anilines is 1. The minimum atomic E-state index is 0.104.